The van der Waals surface area contributed by atoms with Gasteiger partial charge in [0.1, 0.15) is 0 Å². The zero-order valence-corrected chi connectivity index (χ0v) is 19.8. The van der Waals surface area contributed by atoms with Gasteiger partial charge in [0.2, 0.25) is 10.0 Å². The van der Waals surface area contributed by atoms with Gasteiger partial charge >= 0.3 is 0 Å². The van der Waals surface area contributed by atoms with Crippen LogP contribution in [0.1, 0.15) is 41.6 Å². The molecule has 1 aliphatic heterocycles. The molecule has 6 nitrogen and oxygen atoms in total. The number of hydrogen-bond donors (Lipinski definition) is 0. The Labute approximate surface area is 192 Å². The Kier molecular flexibility index (Phi) is 6.74. The zero-order chi connectivity index (χ0) is 22.7. The number of carbonyl (C=O) groups excluding carboxylic acids is 1. The van der Waals surface area contributed by atoms with Crippen LogP contribution < -0.4 is 4.80 Å². The molecule has 0 spiro atoms. The van der Waals surface area contributed by atoms with Gasteiger partial charge in [0, 0.05) is 25.2 Å². The van der Waals surface area contributed by atoms with Crippen LogP contribution in [-0.2, 0) is 16.6 Å². The normalized spacial score (nSPS) is 16.2. The van der Waals surface area contributed by atoms with Gasteiger partial charge in [-0.15, -0.1) is 6.58 Å². The summed E-state index contributed by atoms with van der Waals surface area (Å²) >= 11 is 1.45. The average molecular weight is 470 g/mol. The number of benzene rings is 2. The fourth-order valence-corrected chi connectivity index (χ4v) is 6.58. The molecular weight excluding hydrogens is 442 g/mol. The fourth-order valence-electron chi connectivity index (χ4n) is 3.92. The maximum absolute atomic E-state index is 13.0. The highest BCUT2D eigenvalue weighted by molar-refractivity contribution is 7.89. The number of thiazole rings is 1. The summed E-state index contributed by atoms with van der Waals surface area (Å²) in [6.07, 6.45) is 5.66. The van der Waals surface area contributed by atoms with Crippen molar-refractivity contribution in [1.82, 2.24) is 8.87 Å². The van der Waals surface area contributed by atoms with Gasteiger partial charge in [-0.3, -0.25) is 4.79 Å². The van der Waals surface area contributed by atoms with Gasteiger partial charge in [-0.05, 0) is 61.7 Å². The molecule has 0 atom stereocenters. The molecule has 0 unspecified atom stereocenters. The lowest BCUT2D eigenvalue weighted by Gasteiger charge is -2.19. The molecule has 32 heavy (non-hydrogen) atoms. The van der Waals surface area contributed by atoms with Gasteiger partial charge in [-0.1, -0.05) is 36.3 Å². The lowest BCUT2D eigenvalue weighted by atomic mass is 10.2. The smallest absolute Gasteiger partial charge is 0.279 e. The standard InChI is InChI=1S/C24H27N3O3S2/c1-3-14-27-21-13-8-18(2)17-22(21)31-24(27)25-23(28)19-9-11-20(12-10-19)32(29,30)26-15-6-4-5-7-16-26/h3,8-13,17H,1,4-7,14-16H2,2H3. The minimum atomic E-state index is -3.54. The van der Waals surface area contributed by atoms with E-state index in [-0.39, 0.29) is 4.90 Å². The van der Waals surface area contributed by atoms with Crippen LogP contribution in [0.3, 0.4) is 0 Å². The fraction of sp³-hybridized carbons (Fsp3) is 0.333. The Bertz CT molecular complexity index is 1310. The molecular formula is C24H27N3O3S2. The number of allylic oxidation sites excluding steroid dienone is 1. The van der Waals surface area contributed by atoms with Crippen molar-refractivity contribution in [3.05, 3.63) is 71.0 Å². The Hall–Kier alpha value is -2.55. The number of aromatic nitrogens is 1. The van der Waals surface area contributed by atoms with Crippen molar-refractivity contribution in [2.75, 3.05) is 13.1 Å². The zero-order valence-electron chi connectivity index (χ0n) is 18.2. The second kappa shape index (κ2) is 9.52. The van der Waals surface area contributed by atoms with Crippen molar-refractivity contribution < 1.29 is 13.2 Å². The highest BCUT2D eigenvalue weighted by Gasteiger charge is 2.25. The number of amides is 1. The van der Waals surface area contributed by atoms with Crippen LogP contribution in [0.4, 0.5) is 0 Å². The van der Waals surface area contributed by atoms with Crippen LogP contribution in [0.15, 0.2) is 65.0 Å². The quantitative estimate of drug-likeness (QED) is 0.517. The van der Waals surface area contributed by atoms with E-state index in [0.29, 0.717) is 30.0 Å². The number of aryl methyl sites for hydroxylation is 1. The van der Waals surface area contributed by atoms with Gasteiger partial charge in [-0.2, -0.15) is 9.30 Å². The van der Waals surface area contributed by atoms with Gasteiger partial charge < -0.3 is 4.57 Å². The van der Waals surface area contributed by atoms with Crippen LogP contribution in [0.5, 0.6) is 0 Å². The van der Waals surface area contributed by atoms with E-state index in [0.717, 1.165) is 41.5 Å². The molecule has 1 aromatic heterocycles. The molecule has 1 aliphatic rings. The number of rotatable bonds is 5. The lowest BCUT2D eigenvalue weighted by molar-refractivity contribution is 0.0997. The first-order valence-electron chi connectivity index (χ1n) is 10.8. The Morgan fingerprint density at radius 3 is 2.44 bits per heavy atom. The van der Waals surface area contributed by atoms with Gasteiger partial charge in [0.05, 0.1) is 15.1 Å². The van der Waals surface area contributed by atoms with Crippen molar-refractivity contribution in [1.29, 1.82) is 0 Å². The van der Waals surface area contributed by atoms with Crippen molar-refractivity contribution in [3.63, 3.8) is 0 Å². The van der Waals surface area contributed by atoms with Crippen molar-refractivity contribution in [2.45, 2.75) is 44.0 Å². The van der Waals surface area contributed by atoms with E-state index in [9.17, 15) is 13.2 Å². The molecule has 0 aliphatic carbocycles. The summed E-state index contributed by atoms with van der Waals surface area (Å²) in [5, 5.41) is 0. The molecule has 2 aromatic carbocycles. The van der Waals surface area contributed by atoms with Gasteiger partial charge in [0.15, 0.2) is 4.80 Å². The van der Waals surface area contributed by atoms with E-state index < -0.39 is 15.9 Å². The maximum Gasteiger partial charge on any atom is 0.279 e. The number of fused-ring (bicyclic) bond motifs is 1. The van der Waals surface area contributed by atoms with Crippen molar-refractivity contribution in [2.24, 2.45) is 4.99 Å². The first-order chi connectivity index (χ1) is 15.4. The topological polar surface area (TPSA) is 71.7 Å². The third kappa shape index (κ3) is 4.62. The highest BCUT2D eigenvalue weighted by atomic mass is 32.2. The van der Waals surface area contributed by atoms with Crippen molar-refractivity contribution in [3.8, 4) is 0 Å². The molecule has 3 aromatic rings. The van der Waals surface area contributed by atoms with E-state index in [4.69, 9.17) is 0 Å². The molecule has 0 saturated carbocycles. The molecule has 0 radical (unpaired) electrons. The molecule has 2 heterocycles. The predicted molar refractivity (Wildman–Crippen MR) is 128 cm³/mol. The lowest BCUT2D eigenvalue weighted by Crippen LogP contribution is -2.31. The summed E-state index contributed by atoms with van der Waals surface area (Å²) < 4.78 is 30.5. The van der Waals surface area contributed by atoms with E-state index in [2.05, 4.69) is 17.6 Å². The van der Waals surface area contributed by atoms with E-state index in [1.165, 1.54) is 23.5 Å². The minimum absolute atomic E-state index is 0.218. The van der Waals surface area contributed by atoms with Crippen LogP contribution in [0.25, 0.3) is 10.2 Å². The average Bonchev–Trinajstić information content (AvgIpc) is 2.95. The SMILES string of the molecule is C=CCn1c(=NC(=O)c2ccc(S(=O)(=O)N3CCCCCC3)cc2)sc2cc(C)ccc21. The number of sulfonamides is 1. The molecule has 1 saturated heterocycles. The molecule has 1 fully saturated rings. The Morgan fingerprint density at radius 2 is 1.78 bits per heavy atom. The highest BCUT2D eigenvalue weighted by Crippen LogP contribution is 2.22. The van der Waals surface area contributed by atoms with E-state index in [1.54, 1.807) is 22.5 Å². The summed E-state index contributed by atoms with van der Waals surface area (Å²) in [7, 11) is -3.54. The van der Waals surface area contributed by atoms with Crippen LogP contribution >= 0.6 is 11.3 Å². The second-order valence-electron chi connectivity index (χ2n) is 8.01. The monoisotopic (exact) mass is 469 g/mol. The van der Waals surface area contributed by atoms with E-state index >= 15 is 0 Å². The van der Waals surface area contributed by atoms with Crippen molar-refractivity contribution >= 4 is 37.5 Å². The Morgan fingerprint density at radius 1 is 1.09 bits per heavy atom. The largest absolute Gasteiger partial charge is 0.312 e. The summed E-state index contributed by atoms with van der Waals surface area (Å²) in [5.41, 5.74) is 2.51. The molecule has 4 rings (SSSR count). The van der Waals surface area contributed by atoms with Crippen LogP contribution in [0.2, 0.25) is 0 Å². The van der Waals surface area contributed by atoms with E-state index in [1.807, 2.05) is 23.6 Å². The summed E-state index contributed by atoms with van der Waals surface area (Å²) in [4.78, 5) is 18.0. The first-order valence-corrected chi connectivity index (χ1v) is 13.1. The van der Waals surface area contributed by atoms with Gasteiger partial charge in [0.25, 0.3) is 5.91 Å². The Balaban J connectivity index is 1.64. The summed E-state index contributed by atoms with van der Waals surface area (Å²) in [5.74, 6) is -0.398. The molecule has 8 heteroatoms. The second-order valence-corrected chi connectivity index (χ2v) is 11.0. The number of carbonyl (C=O) groups is 1. The maximum atomic E-state index is 13.0. The molecule has 168 valence electrons. The summed E-state index contributed by atoms with van der Waals surface area (Å²) in [6, 6.07) is 12.2. The third-order valence-corrected chi connectivity index (χ3v) is 8.61. The minimum Gasteiger partial charge on any atom is -0.312 e. The third-order valence-electron chi connectivity index (χ3n) is 5.65. The first kappa shape index (κ1) is 22.6. The molecule has 0 N–H and O–H groups in total. The molecule has 1 amide bonds. The van der Waals surface area contributed by atoms with Crippen LogP contribution in [0, 0.1) is 6.92 Å². The summed E-state index contributed by atoms with van der Waals surface area (Å²) in [6.45, 7) is 7.48. The molecule has 0 bridgehead atoms. The number of hydrogen-bond acceptors (Lipinski definition) is 4. The number of nitrogens with zero attached hydrogens (tertiary/aromatic N) is 3. The predicted octanol–water partition coefficient (Wildman–Crippen LogP) is 4.50. The van der Waals surface area contributed by atoms with Crippen LogP contribution in [-0.4, -0.2) is 36.3 Å². The van der Waals surface area contributed by atoms with Gasteiger partial charge in [-0.25, -0.2) is 8.42 Å².